The van der Waals surface area contributed by atoms with Crippen molar-refractivity contribution in [1.82, 2.24) is 16.1 Å². The van der Waals surface area contributed by atoms with Crippen LogP contribution in [0.15, 0.2) is 5.10 Å². The number of rotatable bonds is 0. The lowest BCUT2D eigenvalue weighted by molar-refractivity contribution is 0.598. The quantitative estimate of drug-likeness (QED) is 0.396. The van der Waals surface area contributed by atoms with E-state index in [2.05, 4.69) is 21.2 Å². The molecular formula is C6H14N4. The molecule has 0 atom stereocenters. The molecule has 4 heteroatoms. The minimum atomic E-state index is 0.856. The molecule has 0 unspecified atom stereocenters. The molecule has 1 heterocycles. The lowest BCUT2D eigenvalue weighted by atomic mass is 10.5. The minimum Gasteiger partial charge on any atom is -0.314 e. The smallest absolute Gasteiger partial charge is 0.0454 e. The molecule has 0 bridgehead atoms. The molecule has 0 aromatic heterocycles. The maximum atomic E-state index is 3.96. The molecule has 58 valence electrons. The van der Waals surface area contributed by atoms with Gasteiger partial charge in [-0.1, -0.05) is 0 Å². The van der Waals surface area contributed by atoms with E-state index in [0.29, 0.717) is 0 Å². The normalized spacial score (nSPS) is 21.6. The standard InChI is InChI=1S/C6H14N4/c1-2-8-4-6-10-9-5-3-7-1/h5,7-8,10H,1-4,6H2. The lowest BCUT2D eigenvalue weighted by Gasteiger charge is -2.06. The summed E-state index contributed by atoms with van der Waals surface area (Å²) >= 11 is 0. The van der Waals surface area contributed by atoms with Crippen molar-refractivity contribution >= 4 is 6.21 Å². The molecule has 0 aliphatic carbocycles. The molecule has 3 N–H and O–H groups in total. The summed E-state index contributed by atoms with van der Waals surface area (Å²) < 4.78 is 0. The van der Waals surface area contributed by atoms with Gasteiger partial charge < -0.3 is 16.1 Å². The zero-order chi connectivity index (χ0) is 7.07. The van der Waals surface area contributed by atoms with Crippen LogP contribution in [0, 0.1) is 0 Å². The Balaban J connectivity index is 2.13. The van der Waals surface area contributed by atoms with Crippen LogP contribution in [0.1, 0.15) is 0 Å². The average molecular weight is 142 g/mol. The number of hydrazone groups is 1. The van der Waals surface area contributed by atoms with Crippen LogP contribution in [-0.4, -0.2) is 38.9 Å². The van der Waals surface area contributed by atoms with Gasteiger partial charge in [0.25, 0.3) is 0 Å². The van der Waals surface area contributed by atoms with Gasteiger partial charge in [-0.25, -0.2) is 0 Å². The van der Waals surface area contributed by atoms with Gasteiger partial charge in [-0.15, -0.1) is 0 Å². The third-order valence-corrected chi connectivity index (χ3v) is 1.31. The molecule has 0 saturated carbocycles. The Morgan fingerprint density at radius 1 is 1.00 bits per heavy atom. The highest BCUT2D eigenvalue weighted by Crippen LogP contribution is 1.64. The highest BCUT2D eigenvalue weighted by molar-refractivity contribution is 5.59. The van der Waals surface area contributed by atoms with Gasteiger partial charge in [0.15, 0.2) is 0 Å². The van der Waals surface area contributed by atoms with Crippen LogP contribution in [-0.2, 0) is 0 Å². The van der Waals surface area contributed by atoms with Gasteiger partial charge in [0.2, 0.25) is 0 Å². The summed E-state index contributed by atoms with van der Waals surface area (Å²) in [6.07, 6.45) is 1.85. The Morgan fingerprint density at radius 3 is 2.80 bits per heavy atom. The van der Waals surface area contributed by atoms with Crippen LogP contribution in [0.4, 0.5) is 0 Å². The number of nitrogens with one attached hydrogen (secondary N) is 3. The van der Waals surface area contributed by atoms with Gasteiger partial charge in [0, 0.05) is 38.9 Å². The fourth-order valence-electron chi connectivity index (χ4n) is 0.787. The van der Waals surface area contributed by atoms with E-state index >= 15 is 0 Å². The zero-order valence-corrected chi connectivity index (χ0v) is 6.06. The monoisotopic (exact) mass is 142 g/mol. The van der Waals surface area contributed by atoms with Crippen LogP contribution < -0.4 is 16.1 Å². The first kappa shape index (κ1) is 7.50. The maximum Gasteiger partial charge on any atom is 0.0454 e. The van der Waals surface area contributed by atoms with Crippen molar-refractivity contribution in [3.63, 3.8) is 0 Å². The second-order valence-corrected chi connectivity index (χ2v) is 2.17. The molecule has 0 fully saturated rings. The highest BCUT2D eigenvalue weighted by atomic mass is 15.3. The molecule has 0 aromatic rings. The summed E-state index contributed by atoms with van der Waals surface area (Å²) in [4.78, 5) is 0. The fourth-order valence-corrected chi connectivity index (χ4v) is 0.787. The molecule has 0 aromatic carbocycles. The average Bonchev–Trinajstić information content (AvgIpc) is 2.01. The SMILES string of the molecule is C1=NNCCNCCNC1. The largest absolute Gasteiger partial charge is 0.314 e. The molecular weight excluding hydrogens is 128 g/mol. The third kappa shape index (κ3) is 3.42. The van der Waals surface area contributed by atoms with Crippen LogP contribution in [0.3, 0.4) is 0 Å². The van der Waals surface area contributed by atoms with Gasteiger partial charge in [-0.2, -0.15) is 5.10 Å². The van der Waals surface area contributed by atoms with E-state index in [1.54, 1.807) is 0 Å². The Morgan fingerprint density at radius 2 is 1.80 bits per heavy atom. The van der Waals surface area contributed by atoms with Gasteiger partial charge in [-0.05, 0) is 0 Å². The number of hydrogen-bond donors (Lipinski definition) is 3. The van der Waals surface area contributed by atoms with Crippen molar-refractivity contribution in [3.05, 3.63) is 0 Å². The highest BCUT2D eigenvalue weighted by Gasteiger charge is 1.88. The molecule has 1 rings (SSSR count). The fraction of sp³-hybridized carbons (Fsp3) is 0.833. The van der Waals surface area contributed by atoms with E-state index in [0.717, 1.165) is 32.7 Å². The van der Waals surface area contributed by atoms with Crippen molar-refractivity contribution in [2.24, 2.45) is 5.10 Å². The summed E-state index contributed by atoms with van der Waals surface area (Å²) in [6.45, 7) is 4.81. The van der Waals surface area contributed by atoms with Gasteiger partial charge in [-0.3, -0.25) is 0 Å². The molecule has 1 aliphatic heterocycles. The van der Waals surface area contributed by atoms with Gasteiger partial charge >= 0.3 is 0 Å². The van der Waals surface area contributed by atoms with Crippen LogP contribution in [0.5, 0.6) is 0 Å². The Hall–Kier alpha value is -0.610. The summed E-state index contributed by atoms with van der Waals surface area (Å²) in [7, 11) is 0. The van der Waals surface area contributed by atoms with E-state index < -0.39 is 0 Å². The van der Waals surface area contributed by atoms with Crippen molar-refractivity contribution in [1.29, 1.82) is 0 Å². The van der Waals surface area contributed by atoms with Gasteiger partial charge in [0.1, 0.15) is 0 Å². The second-order valence-electron chi connectivity index (χ2n) is 2.17. The van der Waals surface area contributed by atoms with E-state index in [1.165, 1.54) is 0 Å². The first-order chi connectivity index (χ1) is 5.00. The minimum absolute atomic E-state index is 0.856. The molecule has 0 radical (unpaired) electrons. The Bertz CT molecular complexity index is 89.9. The zero-order valence-electron chi connectivity index (χ0n) is 6.06. The Kier molecular flexibility index (Phi) is 3.90. The lowest BCUT2D eigenvalue weighted by Crippen LogP contribution is -2.33. The number of nitrogens with zero attached hydrogens (tertiary/aromatic N) is 1. The molecule has 1 aliphatic rings. The molecule has 10 heavy (non-hydrogen) atoms. The molecule has 4 nitrogen and oxygen atoms in total. The number of hydrogen-bond acceptors (Lipinski definition) is 4. The molecule has 0 spiro atoms. The summed E-state index contributed by atoms with van der Waals surface area (Å²) in [5, 5.41) is 10.4. The summed E-state index contributed by atoms with van der Waals surface area (Å²) in [5.41, 5.74) is 2.92. The summed E-state index contributed by atoms with van der Waals surface area (Å²) in [6, 6.07) is 0. The Labute approximate surface area is 61.1 Å². The molecule has 0 amide bonds. The van der Waals surface area contributed by atoms with E-state index in [4.69, 9.17) is 0 Å². The second kappa shape index (κ2) is 5.20. The third-order valence-electron chi connectivity index (χ3n) is 1.31. The van der Waals surface area contributed by atoms with Crippen molar-refractivity contribution < 1.29 is 0 Å². The first-order valence-electron chi connectivity index (χ1n) is 3.66. The van der Waals surface area contributed by atoms with Crippen molar-refractivity contribution in [3.8, 4) is 0 Å². The predicted octanol–water partition coefficient (Wildman–Crippen LogP) is -1.25. The van der Waals surface area contributed by atoms with Crippen LogP contribution in [0.2, 0.25) is 0 Å². The first-order valence-corrected chi connectivity index (χ1v) is 3.66. The van der Waals surface area contributed by atoms with E-state index in [-0.39, 0.29) is 0 Å². The van der Waals surface area contributed by atoms with Crippen LogP contribution >= 0.6 is 0 Å². The van der Waals surface area contributed by atoms with E-state index in [9.17, 15) is 0 Å². The predicted molar refractivity (Wildman–Crippen MR) is 42.2 cm³/mol. The van der Waals surface area contributed by atoms with Crippen molar-refractivity contribution in [2.45, 2.75) is 0 Å². The maximum absolute atomic E-state index is 3.96. The summed E-state index contributed by atoms with van der Waals surface area (Å²) in [5.74, 6) is 0. The van der Waals surface area contributed by atoms with Crippen molar-refractivity contribution in [2.75, 3.05) is 32.7 Å². The van der Waals surface area contributed by atoms with Gasteiger partial charge in [0.05, 0.1) is 0 Å². The van der Waals surface area contributed by atoms with E-state index in [1.807, 2.05) is 6.21 Å². The topological polar surface area (TPSA) is 48.5 Å². The molecule has 0 saturated heterocycles. The van der Waals surface area contributed by atoms with Crippen LogP contribution in [0.25, 0.3) is 0 Å².